The number of nitrogens with one attached hydrogen (secondary N) is 1. The van der Waals surface area contributed by atoms with E-state index in [2.05, 4.69) is 31.1 Å². The van der Waals surface area contributed by atoms with Gasteiger partial charge in [0.25, 0.3) is 0 Å². The first-order valence-electron chi connectivity index (χ1n) is 5.17. The molecule has 1 N–H and O–H groups in total. The van der Waals surface area contributed by atoms with E-state index in [9.17, 15) is 0 Å². The van der Waals surface area contributed by atoms with Crippen molar-refractivity contribution in [3.8, 4) is 0 Å². The lowest BCUT2D eigenvalue weighted by Gasteiger charge is -2.12. The van der Waals surface area contributed by atoms with Crippen LogP contribution in [0.25, 0.3) is 0 Å². The summed E-state index contributed by atoms with van der Waals surface area (Å²) in [6.45, 7) is 7.70. The highest BCUT2D eigenvalue weighted by molar-refractivity contribution is 8.14. The van der Waals surface area contributed by atoms with Crippen LogP contribution in [-0.2, 0) is 0 Å². The Morgan fingerprint density at radius 1 is 1.62 bits per heavy atom. The van der Waals surface area contributed by atoms with Gasteiger partial charge in [-0.05, 0) is 12.3 Å². The monoisotopic (exact) mass is 200 g/mol. The first-order valence-corrected chi connectivity index (χ1v) is 6.16. The van der Waals surface area contributed by atoms with Crippen LogP contribution in [-0.4, -0.2) is 23.5 Å². The van der Waals surface area contributed by atoms with Crippen molar-refractivity contribution in [1.29, 1.82) is 0 Å². The Bertz CT molecular complexity index is 178. The minimum Gasteiger partial charge on any atom is -0.361 e. The Kier molecular flexibility index (Phi) is 4.64. The van der Waals surface area contributed by atoms with Crippen LogP contribution in [0.3, 0.4) is 0 Å². The fourth-order valence-corrected chi connectivity index (χ4v) is 2.42. The molecule has 1 aliphatic rings. The number of amidine groups is 1. The molecule has 2 nitrogen and oxygen atoms in total. The molecular weight excluding hydrogens is 180 g/mol. The summed E-state index contributed by atoms with van der Waals surface area (Å²) in [7, 11) is 0. The Morgan fingerprint density at radius 3 is 2.92 bits per heavy atom. The zero-order valence-corrected chi connectivity index (χ0v) is 9.66. The summed E-state index contributed by atoms with van der Waals surface area (Å²) >= 11 is 1.87. The summed E-state index contributed by atoms with van der Waals surface area (Å²) in [6, 6.07) is 0.630. The molecule has 1 heterocycles. The van der Waals surface area contributed by atoms with E-state index in [1.165, 1.54) is 18.6 Å². The van der Waals surface area contributed by atoms with Gasteiger partial charge in [0.2, 0.25) is 0 Å². The topological polar surface area (TPSA) is 24.4 Å². The molecule has 1 fully saturated rings. The van der Waals surface area contributed by atoms with E-state index in [1.54, 1.807) is 0 Å². The smallest absolute Gasteiger partial charge is 0.156 e. The molecule has 1 saturated heterocycles. The normalized spacial score (nSPS) is 25.5. The van der Waals surface area contributed by atoms with Crippen molar-refractivity contribution < 1.29 is 0 Å². The van der Waals surface area contributed by atoms with Gasteiger partial charge in [0.05, 0.1) is 0 Å². The number of aliphatic imine (C=N–C) groups is 1. The number of thioether (sulfide) groups is 1. The first kappa shape index (κ1) is 10.9. The summed E-state index contributed by atoms with van der Waals surface area (Å²) in [5, 5.41) is 4.62. The summed E-state index contributed by atoms with van der Waals surface area (Å²) in [4.78, 5) is 4.51. The van der Waals surface area contributed by atoms with Gasteiger partial charge in [-0.1, -0.05) is 39.0 Å². The van der Waals surface area contributed by atoms with Gasteiger partial charge in [0, 0.05) is 18.3 Å². The molecule has 0 aromatic carbocycles. The molecule has 13 heavy (non-hydrogen) atoms. The largest absolute Gasteiger partial charge is 0.361 e. The lowest BCUT2D eigenvalue weighted by molar-refractivity contribution is 0.503. The average Bonchev–Trinajstić information content (AvgIpc) is 2.53. The van der Waals surface area contributed by atoms with Crippen molar-refractivity contribution in [3.63, 3.8) is 0 Å². The van der Waals surface area contributed by atoms with Crippen LogP contribution in [0.2, 0.25) is 0 Å². The predicted octanol–water partition coefficient (Wildman–Crippen LogP) is 2.50. The Labute approximate surface area is 85.6 Å². The van der Waals surface area contributed by atoms with Crippen LogP contribution in [0.5, 0.6) is 0 Å². The maximum atomic E-state index is 4.51. The fourth-order valence-electron chi connectivity index (χ4n) is 1.20. The second-order valence-electron chi connectivity index (χ2n) is 3.85. The van der Waals surface area contributed by atoms with Crippen LogP contribution < -0.4 is 5.32 Å². The molecule has 0 aromatic rings. The number of hydrogen-bond acceptors (Lipinski definition) is 2. The molecule has 0 bridgehead atoms. The molecule has 0 aliphatic carbocycles. The Balaban J connectivity index is 2.27. The molecule has 0 spiro atoms. The lowest BCUT2D eigenvalue weighted by atomic mass is 10.1. The third kappa shape index (κ3) is 3.59. The molecule has 0 aromatic heterocycles. The number of unbranched alkanes of at least 4 members (excludes halogenated alkanes) is 1. The van der Waals surface area contributed by atoms with Crippen LogP contribution in [0.4, 0.5) is 0 Å². The van der Waals surface area contributed by atoms with Gasteiger partial charge < -0.3 is 5.32 Å². The third-order valence-corrected chi connectivity index (χ3v) is 3.33. The van der Waals surface area contributed by atoms with Crippen molar-refractivity contribution >= 4 is 16.9 Å². The van der Waals surface area contributed by atoms with Crippen LogP contribution in [0.15, 0.2) is 4.99 Å². The number of hydrogen-bond donors (Lipinski definition) is 1. The van der Waals surface area contributed by atoms with Crippen LogP contribution >= 0.6 is 11.8 Å². The van der Waals surface area contributed by atoms with Gasteiger partial charge in [0.15, 0.2) is 5.17 Å². The summed E-state index contributed by atoms with van der Waals surface area (Å²) in [5.41, 5.74) is 0. The highest BCUT2D eigenvalue weighted by atomic mass is 32.2. The summed E-state index contributed by atoms with van der Waals surface area (Å²) in [5.74, 6) is 1.90. The van der Waals surface area contributed by atoms with E-state index in [-0.39, 0.29) is 0 Å². The Morgan fingerprint density at radius 2 is 2.38 bits per heavy atom. The molecule has 1 unspecified atom stereocenters. The molecule has 1 aliphatic heterocycles. The average molecular weight is 200 g/mol. The lowest BCUT2D eigenvalue weighted by Crippen LogP contribution is -2.31. The van der Waals surface area contributed by atoms with Crippen LogP contribution in [0, 0.1) is 5.92 Å². The van der Waals surface area contributed by atoms with Crippen molar-refractivity contribution in [3.05, 3.63) is 0 Å². The van der Waals surface area contributed by atoms with Gasteiger partial charge in [-0.25, -0.2) is 0 Å². The Hall–Kier alpha value is -0.180. The number of nitrogens with zero attached hydrogens (tertiary/aromatic N) is 1. The highest BCUT2D eigenvalue weighted by Crippen LogP contribution is 2.18. The molecule has 1 atom stereocenters. The van der Waals surface area contributed by atoms with E-state index in [4.69, 9.17) is 0 Å². The maximum absolute atomic E-state index is 4.51. The molecule has 0 amide bonds. The first-order chi connectivity index (χ1) is 6.24. The van der Waals surface area contributed by atoms with Crippen molar-refractivity contribution in [2.24, 2.45) is 10.9 Å². The zero-order chi connectivity index (χ0) is 9.68. The van der Waals surface area contributed by atoms with E-state index in [1.807, 2.05) is 11.8 Å². The van der Waals surface area contributed by atoms with E-state index < -0.39 is 0 Å². The predicted molar refractivity (Wildman–Crippen MR) is 61.4 cm³/mol. The SMILES string of the molecule is CCCCN=C1NC(C(C)C)CS1. The second-order valence-corrected chi connectivity index (χ2v) is 4.85. The van der Waals surface area contributed by atoms with Gasteiger partial charge in [-0.3, -0.25) is 4.99 Å². The van der Waals surface area contributed by atoms with Crippen molar-refractivity contribution in [2.75, 3.05) is 12.3 Å². The molecule has 0 saturated carbocycles. The minimum atomic E-state index is 0.630. The van der Waals surface area contributed by atoms with Gasteiger partial charge >= 0.3 is 0 Å². The van der Waals surface area contributed by atoms with Crippen LogP contribution in [0.1, 0.15) is 33.6 Å². The standard InChI is InChI=1S/C10H20N2S/c1-4-5-6-11-10-12-9(7-13-10)8(2)3/h8-9H,4-7H2,1-3H3,(H,11,12). The highest BCUT2D eigenvalue weighted by Gasteiger charge is 2.22. The van der Waals surface area contributed by atoms with Gasteiger partial charge in [0.1, 0.15) is 0 Å². The molecular formula is C10H20N2S. The number of rotatable bonds is 4. The summed E-state index contributed by atoms with van der Waals surface area (Å²) in [6.07, 6.45) is 2.44. The molecule has 76 valence electrons. The van der Waals surface area contributed by atoms with Gasteiger partial charge in [-0.2, -0.15) is 0 Å². The maximum Gasteiger partial charge on any atom is 0.156 e. The molecule has 3 heteroatoms. The van der Waals surface area contributed by atoms with E-state index in [0.717, 1.165) is 11.7 Å². The zero-order valence-electron chi connectivity index (χ0n) is 8.84. The fraction of sp³-hybridized carbons (Fsp3) is 0.900. The van der Waals surface area contributed by atoms with E-state index in [0.29, 0.717) is 12.0 Å². The second kappa shape index (κ2) is 5.53. The van der Waals surface area contributed by atoms with Gasteiger partial charge in [-0.15, -0.1) is 0 Å². The summed E-state index contributed by atoms with van der Waals surface area (Å²) < 4.78 is 0. The van der Waals surface area contributed by atoms with Crippen molar-refractivity contribution in [2.45, 2.75) is 39.7 Å². The molecule has 1 rings (SSSR count). The minimum absolute atomic E-state index is 0.630. The quantitative estimate of drug-likeness (QED) is 0.705. The van der Waals surface area contributed by atoms with Crippen molar-refractivity contribution in [1.82, 2.24) is 5.32 Å². The molecule has 0 radical (unpaired) electrons. The third-order valence-electron chi connectivity index (χ3n) is 2.28. The van der Waals surface area contributed by atoms with E-state index >= 15 is 0 Å².